The molecule has 0 unspecified atom stereocenters. The van der Waals surface area contributed by atoms with E-state index in [2.05, 4.69) is 15.0 Å². The van der Waals surface area contributed by atoms with Crippen LogP contribution in [0, 0.1) is 5.82 Å². The molecule has 6 nitrogen and oxygen atoms in total. The molecule has 1 aliphatic heterocycles. The summed E-state index contributed by atoms with van der Waals surface area (Å²) in [6.45, 7) is 2.66. The summed E-state index contributed by atoms with van der Waals surface area (Å²) in [4.78, 5) is 15.8. The molecule has 1 fully saturated rings. The first-order valence-electron chi connectivity index (χ1n) is 6.55. The second-order valence-corrected chi connectivity index (χ2v) is 5.03. The molecular weight excluding hydrogens is 295 g/mol. The minimum absolute atomic E-state index is 0.0778. The molecule has 21 heavy (non-hydrogen) atoms. The number of piperazine rings is 1. The van der Waals surface area contributed by atoms with Gasteiger partial charge in [-0.1, -0.05) is 12.1 Å². The topological polar surface area (TPSA) is 71.2 Å². The van der Waals surface area contributed by atoms with Crippen molar-refractivity contribution in [1.82, 2.24) is 15.0 Å². The number of nitrogen functional groups attached to an aromatic ring is 1. The highest BCUT2D eigenvalue weighted by Gasteiger charge is 2.21. The number of benzene rings is 1. The predicted molar refractivity (Wildman–Crippen MR) is 80.1 cm³/mol. The van der Waals surface area contributed by atoms with E-state index >= 15 is 0 Å². The molecule has 2 N–H and O–H groups in total. The summed E-state index contributed by atoms with van der Waals surface area (Å²) < 4.78 is 13.8. The molecule has 0 spiro atoms. The van der Waals surface area contributed by atoms with Crippen LogP contribution in [-0.4, -0.2) is 41.1 Å². The summed E-state index contributed by atoms with van der Waals surface area (Å²) in [6, 6.07) is 6.76. The van der Waals surface area contributed by atoms with Gasteiger partial charge in [0.25, 0.3) is 0 Å². The van der Waals surface area contributed by atoms with Gasteiger partial charge in [-0.3, -0.25) is 0 Å². The van der Waals surface area contributed by atoms with Gasteiger partial charge in [-0.2, -0.15) is 15.0 Å². The highest BCUT2D eigenvalue weighted by atomic mass is 35.5. The number of rotatable bonds is 2. The van der Waals surface area contributed by atoms with Crippen LogP contribution in [0.5, 0.6) is 0 Å². The van der Waals surface area contributed by atoms with E-state index in [1.54, 1.807) is 12.1 Å². The van der Waals surface area contributed by atoms with Gasteiger partial charge in [0, 0.05) is 26.2 Å². The van der Waals surface area contributed by atoms with Crippen LogP contribution in [-0.2, 0) is 0 Å². The number of aromatic nitrogens is 3. The molecule has 8 heteroatoms. The molecule has 1 aliphatic rings. The lowest BCUT2D eigenvalue weighted by Crippen LogP contribution is -2.47. The minimum Gasteiger partial charge on any atom is -0.368 e. The van der Waals surface area contributed by atoms with Gasteiger partial charge in [-0.15, -0.1) is 0 Å². The Kier molecular flexibility index (Phi) is 3.74. The predicted octanol–water partition coefficient (Wildman–Crippen LogP) is 1.57. The average Bonchev–Trinajstić information content (AvgIpc) is 2.47. The molecule has 0 aliphatic carbocycles. The summed E-state index contributed by atoms with van der Waals surface area (Å²) in [5, 5.41) is 0.0778. The first-order chi connectivity index (χ1) is 10.1. The molecule has 110 valence electrons. The van der Waals surface area contributed by atoms with Crippen molar-refractivity contribution in [3.63, 3.8) is 0 Å². The average molecular weight is 309 g/mol. The Hall–Kier alpha value is -2.15. The van der Waals surface area contributed by atoms with Gasteiger partial charge < -0.3 is 15.5 Å². The van der Waals surface area contributed by atoms with E-state index in [4.69, 9.17) is 17.3 Å². The lowest BCUT2D eigenvalue weighted by molar-refractivity contribution is 0.593. The summed E-state index contributed by atoms with van der Waals surface area (Å²) in [5.74, 6) is 0.348. The standard InChI is InChI=1S/C13H14ClFN6/c14-11-17-12(16)19-13(18-11)21-7-5-20(6-8-21)10-4-2-1-3-9(10)15/h1-4H,5-8H2,(H2,16,17,18,19). The Morgan fingerprint density at radius 2 is 1.67 bits per heavy atom. The van der Waals surface area contributed by atoms with Crippen LogP contribution in [0.4, 0.5) is 22.0 Å². The SMILES string of the molecule is Nc1nc(Cl)nc(N2CCN(c3ccccc3F)CC2)n1. The Labute approximate surface area is 126 Å². The van der Waals surface area contributed by atoms with Gasteiger partial charge in [0.15, 0.2) is 0 Å². The number of anilines is 3. The molecule has 2 heterocycles. The third-order valence-corrected chi connectivity index (χ3v) is 3.54. The Balaban J connectivity index is 1.72. The number of para-hydroxylation sites is 1. The van der Waals surface area contributed by atoms with Gasteiger partial charge in [-0.25, -0.2) is 4.39 Å². The van der Waals surface area contributed by atoms with Crippen LogP contribution in [0.15, 0.2) is 24.3 Å². The van der Waals surface area contributed by atoms with Crippen LogP contribution in [0.1, 0.15) is 0 Å². The fourth-order valence-corrected chi connectivity index (χ4v) is 2.51. The van der Waals surface area contributed by atoms with Crippen molar-refractivity contribution >= 4 is 29.2 Å². The number of halogens is 2. The van der Waals surface area contributed by atoms with Gasteiger partial charge in [-0.05, 0) is 23.7 Å². The lowest BCUT2D eigenvalue weighted by Gasteiger charge is -2.36. The van der Waals surface area contributed by atoms with E-state index in [-0.39, 0.29) is 17.0 Å². The number of hydrogen-bond donors (Lipinski definition) is 1. The molecule has 1 saturated heterocycles. The smallest absolute Gasteiger partial charge is 0.231 e. The van der Waals surface area contributed by atoms with Gasteiger partial charge >= 0.3 is 0 Å². The maximum atomic E-state index is 13.8. The highest BCUT2D eigenvalue weighted by molar-refractivity contribution is 6.28. The fourth-order valence-electron chi connectivity index (χ4n) is 2.35. The molecule has 0 bridgehead atoms. The third-order valence-electron chi connectivity index (χ3n) is 3.37. The van der Waals surface area contributed by atoms with Crippen molar-refractivity contribution in [2.75, 3.05) is 41.7 Å². The van der Waals surface area contributed by atoms with E-state index in [1.165, 1.54) is 6.07 Å². The van der Waals surface area contributed by atoms with Crippen molar-refractivity contribution in [2.24, 2.45) is 0 Å². The van der Waals surface area contributed by atoms with Crippen LogP contribution in [0.2, 0.25) is 5.28 Å². The number of hydrogen-bond acceptors (Lipinski definition) is 6. The molecule has 0 radical (unpaired) electrons. The van der Waals surface area contributed by atoms with Crippen molar-refractivity contribution in [2.45, 2.75) is 0 Å². The first kappa shape index (κ1) is 13.8. The molecule has 0 saturated carbocycles. The van der Waals surface area contributed by atoms with Crippen molar-refractivity contribution in [3.8, 4) is 0 Å². The van der Waals surface area contributed by atoms with E-state index < -0.39 is 0 Å². The maximum absolute atomic E-state index is 13.8. The normalized spacial score (nSPS) is 15.3. The second kappa shape index (κ2) is 5.69. The maximum Gasteiger partial charge on any atom is 0.231 e. The number of nitrogens with two attached hydrogens (primary N) is 1. The minimum atomic E-state index is -0.210. The lowest BCUT2D eigenvalue weighted by atomic mass is 10.2. The van der Waals surface area contributed by atoms with Crippen molar-refractivity contribution in [1.29, 1.82) is 0 Å². The van der Waals surface area contributed by atoms with E-state index in [0.717, 1.165) is 0 Å². The van der Waals surface area contributed by atoms with Crippen molar-refractivity contribution < 1.29 is 4.39 Å². The van der Waals surface area contributed by atoms with Gasteiger partial charge in [0.05, 0.1) is 5.69 Å². The van der Waals surface area contributed by atoms with Gasteiger partial charge in [0.1, 0.15) is 5.82 Å². The summed E-state index contributed by atoms with van der Waals surface area (Å²) >= 11 is 5.79. The zero-order valence-corrected chi connectivity index (χ0v) is 12.0. The van der Waals surface area contributed by atoms with Crippen LogP contribution in [0.3, 0.4) is 0 Å². The second-order valence-electron chi connectivity index (χ2n) is 4.69. The fraction of sp³-hybridized carbons (Fsp3) is 0.308. The quantitative estimate of drug-likeness (QED) is 0.908. The molecule has 1 aromatic heterocycles. The Morgan fingerprint density at radius 1 is 1.00 bits per heavy atom. The Bertz CT molecular complexity index is 624. The highest BCUT2D eigenvalue weighted by Crippen LogP contribution is 2.21. The third kappa shape index (κ3) is 2.97. The number of nitrogens with zero attached hydrogens (tertiary/aromatic N) is 5. The van der Waals surface area contributed by atoms with Crippen molar-refractivity contribution in [3.05, 3.63) is 35.4 Å². The molecule has 0 amide bonds. The molecule has 0 atom stereocenters. The Morgan fingerprint density at radius 3 is 2.33 bits per heavy atom. The molecule has 2 aromatic rings. The summed E-state index contributed by atoms with van der Waals surface area (Å²) in [6.07, 6.45) is 0. The summed E-state index contributed by atoms with van der Waals surface area (Å²) in [5.41, 5.74) is 6.19. The zero-order chi connectivity index (χ0) is 14.8. The van der Waals surface area contributed by atoms with Crippen LogP contribution < -0.4 is 15.5 Å². The van der Waals surface area contributed by atoms with Crippen LogP contribution >= 0.6 is 11.6 Å². The molecule has 3 rings (SSSR count). The zero-order valence-electron chi connectivity index (χ0n) is 11.2. The van der Waals surface area contributed by atoms with E-state index in [9.17, 15) is 4.39 Å². The monoisotopic (exact) mass is 308 g/mol. The largest absolute Gasteiger partial charge is 0.368 e. The molecule has 1 aromatic carbocycles. The van der Waals surface area contributed by atoms with E-state index in [1.807, 2.05) is 15.9 Å². The van der Waals surface area contributed by atoms with E-state index in [0.29, 0.717) is 37.8 Å². The van der Waals surface area contributed by atoms with Crippen LogP contribution in [0.25, 0.3) is 0 Å². The van der Waals surface area contributed by atoms with Gasteiger partial charge in [0.2, 0.25) is 17.2 Å². The molecular formula is C13H14ClFN6. The first-order valence-corrected chi connectivity index (χ1v) is 6.93. The summed E-state index contributed by atoms with van der Waals surface area (Å²) in [7, 11) is 0.